The van der Waals surface area contributed by atoms with Gasteiger partial charge in [0.05, 0.1) is 11.5 Å². The SMILES string of the molecule is CN=C(NCCC(=O)NC1CCS(=O)(=O)C1)NCc1ccc(C)c(F)c1. The van der Waals surface area contributed by atoms with Gasteiger partial charge >= 0.3 is 0 Å². The highest BCUT2D eigenvalue weighted by molar-refractivity contribution is 7.91. The van der Waals surface area contributed by atoms with Crippen molar-refractivity contribution in [3.63, 3.8) is 0 Å². The summed E-state index contributed by atoms with van der Waals surface area (Å²) >= 11 is 0. The van der Waals surface area contributed by atoms with Crippen LogP contribution in [-0.2, 0) is 21.2 Å². The van der Waals surface area contributed by atoms with Gasteiger partial charge < -0.3 is 16.0 Å². The van der Waals surface area contributed by atoms with E-state index >= 15 is 0 Å². The molecule has 0 radical (unpaired) electrons. The Morgan fingerprint density at radius 1 is 1.35 bits per heavy atom. The van der Waals surface area contributed by atoms with Crippen LogP contribution < -0.4 is 16.0 Å². The maximum absolute atomic E-state index is 13.5. The minimum atomic E-state index is -3.00. The second kappa shape index (κ2) is 8.98. The smallest absolute Gasteiger partial charge is 0.222 e. The van der Waals surface area contributed by atoms with E-state index in [0.717, 1.165) is 5.56 Å². The minimum Gasteiger partial charge on any atom is -0.356 e. The number of nitrogens with zero attached hydrogens (tertiary/aromatic N) is 1. The monoisotopic (exact) mass is 384 g/mol. The molecule has 1 atom stereocenters. The van der Waals surface area contributed by atoms with Gasteiger partial charge in [0.2, 0.25) is 5.91 Å². The fourth-order valence-electron chi connectivity index (χ4n) is 2.66. The van der Waals surface area contributed by atoms with Gasteiger partial charge in [0.1, 0.15) is 5.82 Å². The van der Waals surface area contributed by atoms with Crippen molar-refractivity contribution in [2.75, 3.05) is 25.1 Å². The van der Waals surface area contributed by atoms with Crippen LogP contribution in [0.25, 0.3) is 0 Å². The number of rotatable bonds is 6. The van der Waals surface area contributed by atoms with Crippen LogP contribution in [0.3, 0.4) is 0 Å². The number of halogens is 1. The second-order valence-electron chi connectivity index (χ2n) is 6.35. The Morgan fingerprint density at radius 2 is 2.12 bits per heavy atom. The number of aryl methyl sites for hydroxylation is 1. The largest absolute Gasteiger partial charge is 0.356 e. The van der Waals surface area contributed by atoms with Crippen molar-refractivity contribution in [3.8, 4) is 0 Å². The standard InChI is InChI=1S/C17H25FN4O3S/c1-12-3-4-13(9-15(12)18)10-21-17(19-2)20-7-5-16(23)22-14-6-8-26(24,25)11-14/h3-4,9,14H,5-8,10-11H2,1-2H3,(H,22,23)(H2,19,20,21). The number of hydrogen-bond donors (Lipinski definition) is 3. The number of sulfone groups is 1. The predicted molar refractivity (Wildman–Crippen MR) is 99.2 cm³/mol. The van der Waals surface area contributed by atoms with Gasteiger partial charge in [-0.15, -0.1) is 0 Å². The number of nitrogens with one attached hydrogen (secondary N) is 3. The summed E-state index contributed by atoms with van der Waals surface area (Å²) in [5.41, 5.74) is 1.38. The lowest BCUT2D eigenvalue weighted by molar-refractivity contribution is -0.121. The zero-order chi connectivity index (χ0) is 19.2. The number of aliphatic imine (C=N–C) groups is 1. The highest BCUT2D eigenvalue weighted by Gasteiger charge is 2.28. The highest BCUT2D eigenvalue weighted by Crippen LogP contribution is 2.11. The summed E-state index contributed by atoms with van der Waals surface area (Å²) in [6.45, 7) is 2.47. The van der Waals surface area contributed by atoms with E-state index < -0.39 is 9.84 Å². The lowest BCUT2D eigenvalue weighted by atomic mass is 10.1. The molecule has 1 unspecified atom stereocenters. The lowest BCUT2D eigenvalue weighted by Crippen LogP contribution is -2.40. The molecule has 1 amide bonds. The second-order valence-corrected chi connectivity index (χ2v) is 8.58. The molecule has 1 heterocycles. The van der Waals surface area contributed by atoms with Crippen LogP contribution in [0.5, 0.6) is 0 Å². The number of guanidine groups is 1. The number of carbonyl (C=O) groups is 1. The normalized spacial score (nSPS) is 19.2. The summed E-state index contributed by atoms with van der Waals surface area (Å²) in [4.78, 5) is 15.9. The molecule has 1 aliphatic heterocycles. The Labute approximate surface area is 153 Å². The molecule has 1 aromatic rings. The van der Waals surface area contributed by atoms with Gasteiger partial charge in [0.15, 0.2) is 15.8 Å². The predicted octanol–water partition coefficient (Wildman–Crippen LogP) is 0.493. The van der Waals surface area contributed by atoms with Crippen molar-refractivity contribution >= 4 is 21.7 Å². The fourth-order valence-corrected chi connectivity index (χ4v) is 4.33. The average Bonchev–Trinajstić information content (AvgIpc) is 2.92. The van der Waals surface area contributed by atoms with Gasteiger partial charge in [-0.2, -0.15) is 0 Å². The van der Waals surface area contributed by atoms with Gasteiger partial charge in [0, 0.05) is 32.6 Å². The van der Waals surface area contributed by atoms with Crippen LogP contribution in [0, 0.1) is 12.7 Å². The minimum absolute atomic E-state index is 0.0164. The fraction of sp³-hybridized carbons (Fsp3) is 0.529. The molecule has 0 aromatic heterocycles. The third-order valence-corrected chi connectivity index (χ3v) is 5.93. The van der Waals surface area contributed by atoms with E-state index in [1.165, 1.54) is 6.07 Å². The first-order valence-electron chi connectivity index (χ1n) is 8.48. The van der Waals surface area contributed by atoms with Crippen LogP contribution in [0.4, 0.5) is 4.39 Å². The molecule has 9 heteroatoms. The van der Waals surface area contributed by atoms with E-state index in [0.29, 0.717) is 31.0 Å². The number of benzene rings is 1. The number of amides is 1. The quantitative estimate of drug-likeness (QED) is 0.490. The molecule has 2 rings (SSSR count). The molecule has 3 N–H and O–H groups in total. The summed E-state index contributed by atoms with van der Waals surface area (Å²) in [7, 11) is -1.40. The van der Waals surface area contributed by atoms with E-state index in [1.54, 1.807) is 20.0 Å². The highest BCUT2D eigenvalue weighted by atomic mass is 32.2. The summed E-state index contributed by atoms with van der Waals surface area (Å²) < 4.78 is 36.3. The molecule has 1 aromatic carbocycles. The van der Waals surface area contributed by atoms with E-state index in [-0.39, 0.29) is 35.7 Å². The molecule has 1 aliphatic rings. The van der Waals surface area contributed by atoms with E-state index in [4.69, 9.17) is 0 Å². The molecule has 1 saturated heterocycles. The zero-order valence-electron chi connectivity index (χ0n) is 15.0. The molecule has 0 aliphatic carbocycles. The van der Waals surface area contributed by atoms with E-state index in [9.17, 15) is 17.6 Å². The molecular formula is C17H25FN4O3S. The van der Waals surface area contributed by atoms with Gasteiger partial charge in [0.25, 0.3) is 0 Å². The van der Waals surface area contributed by atoms with Crippen LogP contribution in [-0.4, -0.2) is 51.4 Å². The lowest BCUT2D eigenvalue weighted by Gasteiger charge is -2.14. The maximum atomic E-state index is 13.5. The molecule has 0 spiro atoms. The van der Waals surface area contributed by atoms with Gasteiger partial charge in [-0.3, -0.25) is 9.79 Å². The first-order chi connectivity index (χ1) is 12.3. The van der Waals surface area contributed by atoms with E-state index in [2.05, 4.69) is 20.9 Å². The molecule has 7 nitrogen and oxygen atoms in total. The Morgan fingerprint density at radius 3 is 2.73 bits per heavy atom. The molecule has 0 saturated carbocycles. The molecule has 1 fully saturated rings. The van der Waals surface area contributed by atoms with Crippen molar-refractivity contribution < 1.29 is 17.6 Å². The number of hydrogen-bond acceptors (Lipinski definition) is 4. The van der Waals surface area contributed by atoms with Crippen LogP contribution in [0.15, 0.2) is 23.2 Å². The summed E-state index contributed by atoms with van der Waals surface area (Å²) in [6.07, 6.45) is 0.675. The molecular weight excluding hydrogens is 359 g/mol. The topological polar surface area (TPSA) is 99.7 Å². The third-order valence-electron chi connectivity index (χ3n) is 4.16. The van der Waals surface area contributed by atoms with E-state index in [1.807, 2.05) is 6.07 Å². The van der Waals surface area contributed by atoms with Crippen LogP contribution in [0.2, 0.25) is 0 Å². The van der Waals surface area contributed by atoms with Crippen LogP contribution in [0.1, 0.15) is 24.0 Å². The van der Waals surface area contributed by atoms with Crippen molar-refractivity contribution in [2.45, 2.75) is 32.4 Å². The van der Waals surface area contributed by atoms with Gasteiger partial charge in [-0.05, 0) is 30.5 Å². The van der Waals surface area contributed by atoms with Crippen molar-refractivity contribution in [1.82, 2.24) is 16.0 Å². The number of carbonyl (C=O) groups excluding carboxylic acids is 1. The first-order valence-corrected chi connectivity index (χ1v) is 10.3. The maximum Gasteiger partial charge on any atom is 0.222 e. The van der Waals surface area contributed by atoms with Crippen molar-refractivity contribution in [1.29, 1.82) is 0 Å². The van der Waals surface area contributed by atoms with Crippen molar-refractivity contribution in [2.24, 2.45) is 4.99 Å². The van der Waals surface area contributed by atoms with Crippen LogP contribution >= 0.6 is 0 Å². The Kier molecular flexibility index (Phi) is 6.96. The Bertz CT molecular complexity index is 780. The summed E-state index contributed by atoms with van der Waals surface area (Å²) in [5, 5.41) is 8.79. The Balaban J connectivity index is 1.70. The Hall–Kier alpha value is -2.16. The summed E-state index contributed by atoms with van der Waals surface area (Å²) in [6, 6.07) is 4.73. The zero-order valence-corrected chi connectivity index (χ0v) is 15.8. The molecule has 0 bridgehead atoms. The average molecular weight is 384 g/mol. The van der Waals surface area contributed by atoms with Gasteiger partial charge in [-0.25, -0.2) is 12.8 Å². The van der Waals surface area contributed by atoms with Gasteiger partial charge in [-0.1, -0.05) is 12.1 Å². The third kappa shape index (κ3) is 6.29. The molecule has 144 valence electrons. The van der Waals surface area contributed by atoms with Crippen molar-refractivity contribution in [3.05, 3.63) is 35.1 Å². The first kappa shape index (κ1) is 20.2. The molecule has 26 heavy (non-hydrogen) atoms. The summed E-state index contributed by atoms with van der Waals surface area (Å²) in [5.74, 6) is 0.199.